The Kier molecular flexibility index (Phi) is 3.73. The quantitative estimate of drug-likeness (QED) is 0.619. The van der Waals surface area contributed by atoms with Gasteiger partial charge in [-0.25, -0.2) is 4.79 Å². The molecule has 2 N–H and O–H groups in total. The highest BCUT2D eigenvalue weighted by Crippen LogP contribution is 2.32. The van der Waals surface area contributed by atoms with Crippen molar-refractivity contribution < 1.29 is 24.5 Å². The Bertz CT molecular complexity index is 462. The molecular weight excluding hydrogens is 224 g/mol. The largest absolute Gasteiger partial charge is 0.507 e. The van der Waals surface area contributed by atoms with Crippen molar-refractivity contribution >= 4 is 12.3 Å². The van der Waals surface area contributed by atoms with E-state index >= 15 is 0 Å². The summed E-state index contributed by atoms with van der Waals surface area (Å²) in [7, 11) is 0. The van der Waals surface area contributed by atoms with Crippen molar-refractivity contribution in [3.05, 3.63) is 22.8 Å². The highest BCUT2D eigenvalue weighted by atomic mass is 16.5. The van der Waals surface area contributed by atoms with Crippen LogP contribution in [-0.2, 0) is 4.74 Å². The SMILES string of the molecule is Cc1cc(O)c(C=O)c(O)c1C(=O)OC(C)C. The van der Waals surface area contributed by atoms with Crippen LogP contribution in [0.5, 0.6) is 11.5 Å². The van der Waals surface area contributed by atoms with Crippen molar-refractivity contribution in [1.82, 2.24) is 0 Å². The number of phenols is 2. The Morgan fingerprint density at radius 2 is 2.00 bits per heavy atom. The summed E-state index contributed by atoms with van der Waals surface area (Å²) in [5.41, 5.74) is -0.0684. The van der Waals surface area contributed by atoms with Crippen LogP contribution in [0.25, 0.3) is 0 Å². The van der Waals surface area contributed by atoms with E-state index in [1.54, 1.807) is 13.8 Å². The van der Waals surface area contributed by atoms with Gasteiger partial charge < -0.3 is 14.9 Å². The number of ether oxygens (including phenoxy) is 1. The van der Waals surface area contributed by atoms with E-state index in [-0.39, 0.29) is 29.3 Å². The molecule has 1 aromatic rings. The Morgan fingerprint density at radius 1 is 1.41 bits per heavy atom. The number of benzene rings is 1. The fraction of sp³-hybridized carbons (Fsp3) is 0.333. The third-order valence-electron chi connectivity index (χ3n) is 2.18. The zero-order valence-electron chi connectivity index (χ0n) is 9.85. The molecule has 0 saturated carbocycles. The maximum absolute atomic E-state index is 11.7. The smallest absolute Gasteiger partial charge is 0.342 e. The predicted molar refractivity (Wildman–Crippen MR) is 60.4 cm³/mol. The van der Waals surface area contributed by atoms with Gasteiger partial charge in [-0.05, 0) is 32.4 Å². The molecule has 1 aromatic carbocycles. The second-order valence-corrected chi connectivity index (χ2v) is 3.92. The predicted octanol–water partition coefficient (Wildman–Crippen LogP) is 1.78. The first-order chi connectivity index (χ1) is 7.88. The average molecular weight is 238 g/mol. The van der Waals surface area contributed by atoms with Gasteiger partial charge in [-0.15, -0.1) is 0 Å². The lowest BCUT2D eigenvalue weighted by Crippen LogP contribution is -2.13. The fourth-order valence-electron chi connectivity index (χ4n) is 1.44. The van der Waals surface area contributed by atoms with E-state index in [0.29, 0.717) is 5.56 Å². The molecule has 0 heterocycles. The maximum Gasteiger partial charge on any atom is 0.342 e. The van der Waals surface area contributed by atoms with E-state index in [9.17, 15) is 19.8 Å². The topological polar surface area (TPSA) is 83.8 Å². The lowest BCUT2D eigenvalue weighted by Gasteiger charge is -2.13. The summed E-state index contributed by atoms with van der Waals surface area (Å²) in [6.45, 7) is 4.88. The van der Waals surface area contributed by atoms with E-state index < -0.39 is 11.7 Å². The second-order valence-electron chi connectivity index (χ2n) is 3.92. The summed E-state index contributed by atoms with van der Waals surface area (Å²) in [6, 6.07) is 1.24. The first-order valence-corrected chi connectivity index (χ1v) is 5.10. The lowest BCUT2D eigenvalue weighted by molar-refractivity contribution is 0.0374. The molecule has 0 unspecified atom stereocenters. The number of hydrogen-bond acceptors (Lipinski definition) is 5. The lowest BCUT2D eigenvalue weighted by atomic mass is 10.0. The van der Waals surface area contributed by atoms with E-state index in [2.05, 4.69) is 0 Å². The Hall–Kier alpha value is -2.04. The van der Waals surface area contributed by atoms with Crippen LogP contribution in [0, 0.1) is 6.92 Å². The van der Waals surface area contributed by atoms with Crippen molar-refractivity contribution in [2.45, 2.75) is 26.9 Å². The van der Waals surface area contributed by atoms with E-state index in [1.165, 1.54) is 13.0 Å². The molecule has 17 heavy (non-hydrogen) atoms. The van der Waals surface area contributed by atoms with Crippen LogP contribution >= 0.6 is 0 Å². The highest BCUT2D eigenvalue weighted by molar-refractivity contribution is 5.99. The molecule has 0 saturated heterocycles. The minimum Gasteiger partial charge on any atom is -0.507 e. The Morgan fingerprint density at radius 3 is 2.47 bits per heavy atom. The molecule has 0 aliphatic rings. The van der Waals surface area contributed by atoms with Crippen molar-refractivity contribution in [1.29, 1.82) is 0 Å². The zero-order chi connectivity index (χ0) is 13.2. The van der Waals surface area contributed by atoms with Gasteiger partial charge in [-0.1, -0.05) is 0 Å². The molecule has 0 spiro atoms. The molecule has 0 radical (unpaired) electrons. The van der Waals surface area contributed by atoms with Crippen molar-refractivity contribution in [3.63, 3.8) is 0 Å². The third kappa shape index (κ3) is 2.55. The number of aldehydes is 1. The number of carbonyl (C=O) groups excluding carboxylic acids is 2. The minimum absolute atomic E-state index is 0.0985. The Balaban J connectivity index is 3.33. The second kappa shape index (κ2) is 4.86. The van der Waals surface area contributed by atoms with E-state index in [0.717, 1.165) is 0 Å². The zero-order valence-corrected chi connectivity index (χ0v) is 9.85. The standard InChI is InChI=1S/C12H14O5/c1-6(2)17-12(16)10-7(3)4-9(14)8(5-13)11(10)15/h4-6,14-15H,1-3H3. The van der Waals surface area contributed by atoms with Crippen molar-refractivity contribution in [2.75, 3.05) is 0 Å². The number of rotatable bonds is 3. The van der Waals surface area contributed by atoms with Crippen LogP contribution in [0.2, 0.25) is 0 Å². The summed E-state index contributed by atoms with van der Waals surface area (Å²) in [4.78, 5) is 22.4. The first-order valence-electron chi connectivity index (χ1n) is 5.10. The van der Waals surface area contributed by atoms with Gasteiger partial charge in [0.2, 0.25) is 0 Å². The molecule has 0 fully saturated rings. The normalized spacial score (nSPS) is 10.4. The van der Waals surface area contributed by atoms with Crippen LogP contribution in [0.4, 0.5) is 0 Å². The molecule has 0 aliphatic carbocycles. The van der Waals surface area contributed by atoms with Gasteiger partial charge in [0.25, 0.3) is 0 Å². The molecule has 92 valence electrons. The molecule has 5 heteroatoms. The fourth-order valence-corrected chi connectivity index (χ4v) is 1.44. The van der Waals surface area contributed by atoms with Gasteiger partial charge in [-0.3, -0.25) is 4.79 Å². The van der Waals surface area contributed by atoms with Crippen molar-refractivity contribution in [3.8, 4) is 11.5 Å². The molecule has 1 rings (SSSR count). The molecule has 0 atom stereocenters. The van der Waals surface area contributed by atoms with Gasteiger partial charge in [0.15, 0.2) is 6.29 Å². The van der Waals surface area contributed by atoms with Gasteiger partial charge in [-0.2, -0.15) is 0 Å². The summed E-state index contributed by atoms with van der Waals surface area (Å²) in [5, 5.41) is 19.2. The van der Waals surface area contributed by atoms with Crippen molar-refractivity contribution in [2.24, 2.45) is 0 Å². The molecule has 0 bridgehead atoms. The van der Waals surface area contributed by atoms with Crippen LogP contribution in [0.15, 0.2) is 6.07 Å². The summed E-state index contributed by atoms with van der Waals surface area (Å²) in [5.74, 6) is -1.64. The Labute approximate surface area is 98.6 Å². The summed E-state index contributed by atoms with van der Waals surface area (Å²) < 4.78 is 4.94. The number of aryl methyl sites for hydroxylation is 1. The number of hydrogen-bond donors (Lipinski definition) is 2. The number of phenolic OH excluding ortho intramolecular Hbond substituents is 2. The molecule has 0 amide bonds. The molecular formula is C12H14O5. The maximum atomic E-state index is 11.7. The highest BCUT2D eigenvalue weighted by Gasteiger charge is 2.22. The summed E-state index contributed by atoms with van der Waals surface area (Å²) in [6.07, 6.45) is -0.0502. The first kappa shape index (κ1) is 13.0. The number of aromatic hydroxyl groups is 2. The van der Waals surface area contributed by atoms with Gasteiger partial charge in [0, 0.05) is 0 Å². The molecule has 5 nitrogen and oxygen atoms in total. The van der Waals surface area contributed by atoms with Crippen LogP contribution in [0.1, 0.15) is 40.1 Å². The van der Waals surface area contributed by atoms with E-state index in [1.807, 2.05) is 0 Å². The van der Waals surface area contributed by atoms with Gasteiger partial charge in [0.1, 0.15) is 17.1 Å². The molecule has 0 aliphatic heterocycles. The third-order valence-corrected chi connectivity index (χ3v) is 2.18. The number of carbonyl (C=O) groups is 2. The van der Waals surface area contributed by atoms with E-state index in [4.69, 9.17) is 4.74 Å². The summed E-state index contributed by atoms with van der Waals surface area (Å²) >= 11 is 0. The van der Waals surface area contributed by atoms with Crippen LogP contribution in [0.3, 0.4) is 0 Å². The minimum atomic E-state index is -0.724. The molecule has 0 aromatic heterocycles. The average Bonchev–Trinajstić information content (AvgIpc) is 2.15. The van der Waals surface area contributed by atoms with Crippen LogP contribution < -0.4 is 0 Å². The number of esters is 1. The van der Waals surface area contributed by atoms with Gasteiger partial charge in [0.05, 0.1) is 11.7 Å². The van der Waals surface area contributed by atoms with Crippen LogP contribution in [-0.4, -0.2) is 28.6 Å². The monoisotopic (exact) mass is 238 g/mol. The van der Waals surface area contributed by atoms with Gasteiger partial charge >= 0.3 is 5.97 Å².